The Bertz CT molecular complexity index is 114. The predicted octanol–water partition coefficient (Wildman–Crippen LogP) is 0.0324. The average Bonchev–Trinajstić information content (AvgIpc) is 1.99. The number of nitrogens with zero attached hydrogens (tertiary/aromatic N) is 1. The Labute approximate surface area is 61.2 Å². The van der Waals surface area contributed by atoms with Crippen LogP contribution >= 0.6 is 0 Å². The van der Waals surface area contributed by atoms with Gasteiger partial charge in [-0.25, -0.2) is 0 Å². The van der Waals surface area contributed by atoms with Gasteiger partial charge in [0.05, 0.1) is 6.10 Å². The van der Waals surface area contributed by atoms with Crippen molar-refractivity contribution in [2.24, 2.45) is 16.7 Å². The van der Waals surface area contributed by atoms with Crippen LogP contribution in [0.25, 0.3) is 0 Å². The summed E-state index contributed by atoms with van der Waals surface area (Å²) in [5, 5.41) is 3.33. The van der Waals surface area contributed by atoms with Gasteiger partial charge in [0.15, 0.2) is 0 Å². The zero-order valence-corrected chi connectivity index (χ0v) is 6.50. The van der Waals surface area contributed by atoms with Crippen LogP contribution in [0.1, 0.15) is 19.8 Å². The minimum atomic E-state index is 0.222. The summed E-state index contributed by atoms with van der Waals surface area (Å²) in [5.41, 5.74) is 5.35. The van der Waals surface area contributed by atoms with E-state index in [0.29, 0.717) is 12.3 Å². The lowest BCUT2D eigenvalue weighted by Crippen LogP contribution is -2.17. The van der Waals surface area contributed by atoms with Crippen molar-refractivity contribution in [2.75, 3.05) is 7.11 Å². The van der Waals surface area contributed by atoms with Crippen molar-refractivity contribution < 1.29 is 4.74 Å². The molecule has 4 N–H and O–H groups in total. The Hall–Kier alpha value is -0.770. The van der Waals surface area contributed by atoms with Gasteiger partial charge in [0, 0.05) is 13.5 Å². The van der Waals surface area contributed by atoms with Gasteiger partial charge < -0.3 is 16.3 Å². The number of methoxy groups -OCH3 is 1. The van der Waals surface area contributed by atoms with E-state index in [1.807, 2.05) is 6.92 Å². The Balaban J connectivity index is 3.35. The topological polar surface area (TPSA) is 73.6 Å². The van der Waals surface area contributed by atoms with E-state index in [0.717, 1.165) is 6.42 Å². The third-order valence-electron chi connectivity index (χ3n) is 1.38. The van der Waals surface area contributed by atoms with Crippen molar-refractivity contribution in [2.45, 2.75) is 25.9 Å². The van der Waals surface area contributed by atoms with Crippen LogP contribution < -0.4 is 11.6 Å². The van der Waals surface area contributed by atoms with Crippen LogP contribution in [0.5, 0.6) is 0 Å². The van der Waals surface area contributed by atoms with Crippen molar-refractivity contribution in [3.05, 3.63) is 0 Å². The molecule has 1 atom stereocenters. The highest BCUT2D eigenvalue weighted by Gasteiger charge is 1.99. The van der Waals surface area contributed by atoms with Crippen LogP contribution in [0.2, 0.25) is 0 Å². The van der Waals surface area contributed by atoms with Crippen LogP contribution in [0.15, 0.2) is 5.10 Å². The maximum absolute atomic E-state index is 5.35. The molecule has 0 radical (unpaired) electrons. The third-order valence-corrected chi connectivity index (χ3v) is 1.38. The number of rotatable bonds is 4. The first-order chi connectivity index (χ1) is 4.70. The van der Waals surface area contributed by atoms with E-state index in [1.54, 1.807) is 7.11 Å². The summed E-state index contributed by atoms with van der Waals surface area (Å²) in [6.45, 7) is 1.98. The van der Waals surface area contributed by atoms with Gasteiger partial charge in [-0.2, -0.15) is 5.10 Å². The molecule has 10 heavy (non-hydrogen) atoms. The first kappa shape index (κ1) is 9.23. The lowest BCUT2D eigenvalue weighted by atomic mass is 10.2. The van der Waals surface area contributed by atoms with Crippen molar-refractivity contribution in [1.29, 1.82) is 0 Å². The smallest absolute Gasteiger partial charge is 0.119 e. The second kappa shape index (κ2) is 5.05. The lowest BCUT2D eigenvalue weighted by molar-refractivity contribution is 0.113. The monoisotopic (exact) mass is 145 g/mol. The molecule has 0 saturated heterocycles. The quantitative estimate of drug-likeness (QED) is 0.254. The molecule has 0 aromatic carbocycles. The fourth-order valence-corrected chi connectivity index (χ4v) is 0.534. The van der Waals surface area contributed by atoms with Crippen molar-refractivity contribution >= 4 is 5.84 Å². The average molecular weight is 145 g/mol. The molecule has 0 fully saturated rings. The van der Waals surface area contributed by atoms with Crippen LogP contribution in [0, 0.1) is 0 Å². The third kappa shape index (κ3) is 4.14. The highest BCUT2D eigenvalue weighted by atomic mass is 16.5. The van der Waals surface area contributed by atoms with E-state index < -0.39 is 0 Å². The van der Waals surface area contributed by atoms with E-state index in [9.17, 15) is 0 Å². The Morgan fingerprint density at radius 3 is 2.70 bits per heavy atom. The van der Waals surface area contributed by atoms with Crippen LogP contribution in [0.3, 0.4) is 0 Å². The molecular formula is C6H15N3O. The molecule has 0 spiro atoms. The molecule has 0 rings (SSSR count). The zero-order chi connectivity index (χ0) is 7.98. The molecule has 0 aliphatic rings. The van der Waals surface area contributed by atoms with E-state index >= 15 is 0 Å². The first-order valence-corrected chi connectivity index (χ1v) is 3.25. The summed E-state index contributed by atoms with van der Waals surface area (Å²) in [4.78, 5) is 0. The van der Waals surface area contributed by atoms with E-state index in [-0.39, 0.29) is 6.10 Å². The van der Waals surface area contributed by atoms with Gasteiger partial charge in [0.25, 0.3) is 0 Å². The molecule has 0 bridgehead atoms. The van der Waals surface area contributed by atoms with Crippen molar-refractivity contribution in [1.82, 2.24) is 0 Å². The van der Waals surface area contributed by atoms with E-state index in [4.69, 9.17) is 16.3 Å². The summed E-state index contributed by atoms with van der Waals surface area (Å²) < 4.78 is 4.99. The molecule has 4 nitrogen and oxygen atoms in total. The molecule has 4 heteroatoms. The SMILES string of the molecule is COC(C)CCC(N)=NN. The Morgan fingerprint density at radius 2 is 2.30 bits per heavy atom. The molecule has 0 aliphatic heterocycles. The highest BCUT2D eigenvalue weighted by molar-refractivity contribution is 5.79. The second-order valence-corrected chi connectivity index (χ2v) is 2.21. The summed E-state index contributed by atoms with van der Waals surface area (Å²) in [7, 11) is 1.67. The number of nitrogens with two attached hydrogens (primary N) is 2. The molecule has 0 heterocycles. The second-order valence-electron chi connectivity index (χ2n) is 2.21. The molecule has 0 saturated carbocycles. The largest absolute Gasteiger partial charge is 0.386 e. The molecule has 60 valence electrons. The number of ether oxygens (including phenoxy) is 1. The number of amidine groups is 1. The summed E-state index contributed by atoms with van der Waals surface area (Å²) in [5.74, 6) is 5.40. The Kier molecular flexibility index (Phi) is 4.66. The fraction of sp³-hybridized carbons (Fsp3) is 0.833. The van der Waals surface area contributed by atoms with Gasteiger partial charge in [0.1, 0.15) is 5.84 Å². The molecular weight excluding hydrogens is 130 g/mol. The minimum absolute atomic E-state index is 0.222. The van der Waals surface area contributed by atoms with Crippen LogP contribution in [-0.4, -0.2) is 19.0 Å². The number of hydrazone groups is 1. The van der Waals surface area contributed by atoms with Crippen LogP contribution in [0.4, 0.5) is 0 Å². The van der Waals surface area contributed by atoms with Crippen molar-refractivity contribution in [3.63, 3.8) is 0 Å². The summed E-state index contributed by atoms with van der Waals surface area (Å²) in [6.07, 6.45) is 1.79. The maximum atomic E-state index is 5.35. The predicted molar refractivity (Wildman–Crippen MR) is 41.5 cm³/mol. The number of hydrogen-bond donors (Lipinski definition) is 2. The highest BCUT2D eigenvalue weighted by Crippen LogP contribution is 1.98. The van der Waals surface area contributed by atoms with Gasteiger partial charge in [-0.15, -0.1) is 0 Å². The first-order valence-electron chi connectivity index (χ1n) is 3.25. The fourth-order valence-electron chi connectivity index (χ4n) is 0.534. The normalized spacial score (nSPS) is 15.2. The zero-order valence-electron chi connectivity index (χ0n) is 6.50. The van der Waals surface area contributed by atoms with Gasteiger partial charge in [-0.3, -0.25) is 0 Å². The number of hydrogen-bond acceptors (Lipinski definition) is 3. The van der Waals surface area contributed by atoms with Gasteiger partial charge in [-0.1, -0.05) is 0 Å². The summed E-state index contributed by atoms with van der Waals surface area (Å²) >= 11 is 0. The van der Waals surface area contributed by atoms with E-state index in [2.05, 4.69) is 5.10 Å². The van der Waals surface area contributed by atoms with Gasteiger partial charge in [-0.05, 0) is 13.3 Å². The van der Waals surface area contributed by atoms with Crippen LogP contribution in [-0.2, 0) is 4.74 Å². The Morgan fingerprint density at radius 1 is 1.70 bits per heavy atom. The van der Waals surface area contributed by atoms with Crippen molar-refractivity contribution in [3.8, 4) is 0 Å². The van der Waals surface area contributed by atoms with Gasteiger partial charge in [0.2, 0.25) is 0 Å². The van der Waals surface area contributed by atoms with E-state index in [1.165, 1.54) is 0 Å². The lowest BCUT2D eigenvalue weighted by Gasteiger charge is -2.07. The standard InChI is InChI=1S/C6H15N3O/c1-5(10-2)3-4-6(7)9-8/h5H,3-4,8H2,1-2H3,(H2,7,9). The van der Waals surface area contributed by atoms with Gasteiger partial charge >= 0.3 is 0 Å². The molecule has 0 aliphatic carbocycles. The molecule has 0 aromatic rings. The summed E-state index contributed by atoms with van der Waals surface area (Å²) in [6, 6.07) is 0. The molecule has 1 unspecified atom stereocenters. The molecule has 0 amide bonds. The minimum Gasteiger partial charge on any atom is -0.386 e. The maximum Gasteiger partial charge on any atom is 0.119 e. The molecule has 0 aromatic heterocycles.